The second-order valence-corrected chi connectivity index (χ2v) is 5.20. The first-order valence-corrected chi connectivity index (χ1v) is 5.81. The lowest BCUT2D eigenvalue weighted by Crippen LogP contribution is -2.58. The molecule has 2 atom stereocenters. The number of hydrogen-bond acceptors (Lipinski definition) is 3. The summed E-state index contributed by atoms with van der Waals surface area (Å²) in [4.78, 5) is 5.06. The highest BCUT2D eigenvalue weighted by Gasteiger charge is 2.29. The fourth-order valence-corrected chi connectivity index (χ4v) is 2.63. The molecule has 82 valence electrons. The molecule has 0 aromatic rings. The molecular weight excluding hydrogens is 174 g/mol. The van der Waals surface area contributed by atoms with E-state index in [9.17, 15) is 0 Å². The van der Waals surface area contributed by atoms with Crippen LogP contribution in [0.3, 0.4) is 0 Å². The molecule has 2 aliphatic heterocycles. The zero-order chi connectivity index (χ0) is 10.1. The molecule has 0 spiro atoms. The van der Waals surface area contributed by atoms with Gasteiger partial charge in [-0.1, -0.05) is 0 Å². The maximum absolute atomic E-state index is 3.53. The first-order chi connectivity index (χ1) is 6.65. The summed E-state index contributed by atoms with van der Waals surface area (Å²) in [5.41, 5.74) is 0. The van der Waals surface area contributed by atoms with Gasteiger partial charge in [-0.05, 0) is 26.8 Å². The van der Waals surface area contributed by atoms with E-state index in [0.717, 1.165) is 18.5 Å². The van der Waals surface area contributed by atoms with Gasteiger partial charge < -0.3 is 10.2 Å². The van der Waals surface area contributed by atoms with E-state index in [4.69, 9.17) is 0 Å². The fraction of sp³-hybridized carbons (Fsp3) is 1.00. The van der Waals surface area contributed by atoms with Gasteiger partial charge in [0.15, 0.2) is 0 Å². The summed E-state index contributed by atoms with van der Waals surface area (Å²) in [6.07, 6.45) is 0. The van der Waals surface area contributed by atoms with Gasteiger partial charge >= 0.3 is 0 Å². The highest BCUT2D eigenvalue weighted by atomic mass is 15.3. The van der Waals surface area contributed by atoms with Crippen LogP contribution in [0.2, 0.25) is 0 Å². The van der Waals surface area contributed by atoms with Crippen LogP contribution in [0.1, 0.15) is 13.8 Å². The zero-order valence-electron chi connectivity index (χ0n) is 9.66. The largest absolute Gasteiger partial charge is 0.311 e. The molecule has 2 rings (SSSR count). The molecule has 0 amide bonds. The van der Waals surface area contributed by atoms with Crippen LogP contribution in [-0.4, -0.2) is 61.7 Å². The van der Waals surface area contributed by atoms with Crippen molar-refractivity contribution < 1.29 is 0 Å². The molecule has 3 nitrogen and oxygen atoms in total. The van der Waals surface area contributed by atoms with Crippen molar-refractivity contribution in [3.63, 3.8) is 0 Å². The normalized spacial score (nSPS) is 37.1. The lowest BCUT2D eigenvalue weighted by atomic mass is 9.98. The van der Waals surface area contributed by atoms with E-state index in [-0.39, 0.29) is 0 Å². The minimum absolute atomic E-state index is 0.670. The average Bonchev–Trinajstić information content (AvgIpc) is 2.09. The highest BCUT2D eigenvalue weighted by Crippen LogP contribution is 2.17. The SMILES string of the molecule is C[C@@H]1CN(CC2CN(C)C2)[C@@H](C)CN1. The second-order valence-electron chi connectivity index (χ2n) is 5.20. The van der Waals surface area contributed by atoms with Gasteiger partial charge in [0.25, 0.3) is 0 Å². The Hall–Kier alpha value is -0.120. The zero-order valence-corrected chi connectivity index (χ0v) is 9.66. The van der Waals surface area contributed by atoms with Crippen molar-refractivity contribution in [1.29, 1.82) is 0 Å². The van der Waals surface area contributed by atoms with Crippen LogP contribution in [0.4, 0.5) is 0 Å². The Kier molecular flexibility index (Phi) is 3.10. The average molecular weight is 197 g/mol. The third-order valence-corrected chi connectivity index (χ3v) is 3.53. The minimum atomic E-state index is 0.670. The summed E-state index contributed by atoms with van der Waals surface area (Å²) in [6.45, 7) is 10.9. The standard InChI is InChI=1S/C11H23N3/c1-9-5-14(10(2)4-12-9)8-11-6-13(3)7-11/h9-12H,4-8H2,1-3H3/t9-,10+/m1/s1. The van der Waals surface area contributed by atoms with Crippen LogP contribution in [0, 0.1) is 5.92 Å². The van der Waals surface area contributed by atoms with Crippen LogP contribution in [-0.2, 0) is 0 Å². The van der Waals surface area contributed by atoms with Gasteiger partial charge in [-0.3, -0.25) is 4.90 Å². The predicted molar refractivity (Wildman–Crippen MR) is 59.5 cm³/mol. The molecule has 2 saturated heterocycles. The lowest BCUT2D eigenvalue weighted by molar-refractivity contribution is 0.0570. The second kappa shape index (κ2) is 4.17. The Morgan fingerprint density at radius 1 is 1.21 bits per heavy atom. The van der Waals surface area contributed by atoms with Crippen LogP contribution in [0.5, 0.6) is 0 Å². The van der Waals surface area contributed by atoms with Crippen molar-refractivity contribution in [3.8, 4) is 0 Å². The summed E-state index contributed by atoms with van der Waals surface area (Å²) >= 11 is 0. The molecule has 0 aromatic carbocycles. The molecule has 2 fully saturated rings. The Morgan fingerprint density at radius 2 is 1.93 bits per heavy atom. The molecule has 0 aliphatic carbocycles. The van der Waals surface area contributed by atoms with Crippen LogP contribution in [0.25, 0.3) is 0 Å². The third kappa shape index (κ3) is 2.27. The van der Waals surface area contributed by atoms with E-state index in [1.165, 1.54) is 26.2 Å². The monoisotopic (exact) mass is 197 g/mol. The molecule has 2 heterocycles. The van der Waals surface area contributed by atoms with E-state index in [0.29, 0.717) is 6.04 Å². The van der Waals surface area contributed by atoms with Gasteiger partial charge in [-0.15, -0.1) is 0 Å². The quantitative estimate of drug-likeness (QED) is 0.684. The third-order valence-electron chi connectivity index (χ3n) is 3.53. The number of nitrogens with zero attached hydrogens (tertiary/aromatic N) is 2. The molecule has 3 heteroatoms. The van der Waals surface area contributed by atoms with Crippen molar-refractivity contribution >= 4 is 0 Å². The van der Waals surface area contributed by atoms with Gasteiger partial charge in [-0.2, -0.15) is 0 Å². The number of piperazine rings is 1. The van der Waals surface area contributed by atoms with Gasteiger partial charge in [0, 0.05) is 44.8 Å². The molecule has 0 radical (unpaired) electrons. The Morgan fingerprint density at radius 3 is 2.57 bits per heavy atom. The van der Waals surface area contributed by atoms with Crippen molar-refractivity contribution in [2.24, 2.45) is 5.92 Å². The van der Waals surface area contributed by atoms with Crippen molar-refractivity contribution in [1.82, 2.24) is 15.1 Å². The van der Waals surface area contributed by atoms with E-state index in [2.05, 4.69) is 36.0 Å². The maximum Gasteiger partial charge on any atom is 0.0193 e. The number of hydrogen-bond donors (Lipinski definition) is 1. The van der Waals surface area contributed by atoms with E-state index >= 15 is 0 Å². The van der Waals surface area contributed by atoms with E-state index in [1.807, 2.05) is 0 Å². The summed E-state index contributed by atoms with van der Waals surface area (Å²) in [5, 5.41) is 3.53. The summed E-state index contributed by atoms with van der Waals surface area (Å²) < 4.78 is 0. The molecule has 0 unspecified atom stereocenters. The van der Waals surface area contributed by atoms with Gasteiger partial charge in [-0.25, -0.2) is 0 Å². The lowest BCUT2D eigenvalue weighted by Gasteiger charge is -2.44. The van der Waals surface area contributed by atoms with Gasteiger partial charge in [0.1, 0.15) is 0 Å². The maximum atomic E-state index is 3.53. The van der Waals surface area contributed by atoms with Crippen LogP contribution >= 0.6 is 0 Å². The number of rotatable bonds is 2. The Bertz CT molecular complexity index is 189. The van der Waals surface area contributed by atoms with Gasteiger partial charge in [0.2, 0.25) is 0 Å². The first kappa shape index (κ1) is 10.4. The summed E-state index contributed by atoms with van der Waals surface area (Å²) in [5.74, 6) is 0.924. The molecule has 2 aliphatic rings. The molecule has 1 N–H and O–H groups in total. The van der Waals surface area contributed by atoms with Crippen molar-refractivity contribution in [2.45, 2.75) is 25.9 Å². The Balaban J connectivity index is 1.77. The highest BCUT2D eigenvalue weighted by molar-refractivity contribution is 4.86. The molecule has 0 aromatic heterocycles. The minimum Gasteiger partial charge on any atom is -0.311 e. The fourth-order valence-electron chi connectivity index (χ4n) is 2.63. The molecule has 0 bridgehead atoms. The van der Waals surface area contributed by atoms with Crippen molar-refractivity contribution in [2.75, 3.05) is 39.8 Å². The predicted octanol–water partition coefficient (Wildman–Crippen LogP) is 0.230. The molecule has 0 saturated carbocycles. The Labute approximate surface area is 87.4 Å². The molecule has 14 heavy (non-hydrogen) atoms. The number of nitrogens with one attached hydrogen (secondary N) is 1. The smallest absolute Gasteiger partial charge is 0.0193 e. The summed E-state index contributed by atoms with van der Waals surface area (Å²) in [7, 11) is 2.21. The van der Waals surface area contributed by atoms with E-state index < -0.39 is 0 Å². The van der Waals surface area contributed by atoms with Crippen molar-refractivity contribution in [3.05, 3.63) is 0 Å². The van der Waals surface area contributed by atoms with Crippen LogP contribution < -0.4 is 5.32 Å². The molecular formula is C11H23N3. The van der Waals surface area contributed by atoms with Gasteiger partial charge in [0.05, 0.1) is 0 Å². The van der Waals surface area contributed by atoms with Crippen LogP contribution in [0.15, 0.2) is 0 Å². The first-order valence-electron chi connectivity index (χ1n) is 5.81. The number of likely N-dealkylation sites (tertiary alicyclic amines) is 1. The van der Waals surface area contributed by atoms with E-state index in [1.54, 1.807) is 0 Å². The topological polar surface area (TPSA) is 18.5 Å². The summed E-state index contributed by atoms with van der Waals surface area (Å²) in [6, 6.07) is 1.39.